The van der Waals surface area contributed by atoms with Gasteiger partial charge in [0, 0.05) is 11.8 Å². The Hall–Kier alpha value is -2.11. The summed E-state index contributed by atoms with van der Waals surface area (Å²) < 4.78 is 4.75. The Balaban J connectivity index is 3.03. The predicted octanol–water partition coefficient (Wildman–Crippen LogP) is 0.0296. The minimum absolute atomic E-state index is 0.199. The molecule has 6 nitrogen and oxygen atoms in total. The number of H-pyrrole nitrogens is 2. The van der Waals surface area contributed by atoms with Crippen LogP contribution in [-0.4, -0.2) is 22.5 Å². The van der Waals surface area contributed by atoms with Crippen LogP contribution in [0.2, 0.25) is 0 Å². The minimum atomic E-state index is -0.587. The van der Waals surface area contributed by atoms with Crippen LogP contribution in [-0.2, 0) is 9.53 Å². The highest BCUT2D eigenvalue weighted by Crippen LogP contribution is 2.01. The first-order valence-electron chi connectivity index (χ1n) is 4.72. The Bertz CT molecular complexity index is 524. The van der Waals surface area contributed by atoms with Crippen molar-refractivity contribution in [3.05, 3.63) is 38.2 Å². The fourth-order valence-corrected chi connectivity index (χ4v) is 1.06. The average Bonchev–Trinajstić information content (AvgIpc) is 2.22. The van der Waals surface area contributed by atoms with E-state index in [0.29, 0.717) is 5.57 Å². The van der Waals surface area contributed by atoms with Gasteiger partial charge in [0.2, 0.25) is 0 Å². The van der Waals surface area contributed by atoms with E-state index < -0.39 is 17.2 Å². The van der Waals surface area contributed by atoms with Gasteiger partial charge in [-0.2, -0.15) is 0 Å². The summed E-state index contributed by atoms with van der Waals surface area (Å²) >= 11 is 0. The van der Waals surface area contributed by atoms with E-state index in [1.54, 1.807) is 6.92 Å². The molecule has 0 bridgehead atoms. The molecular weight excluding hydrogens is 212 g/mol. The molecule has 6 heteroatoms. The standard InChI is InChI=1S/C10H12N2O4/c1-3-16-9(14)6(2)4-7-5-11-10(15)12-8(7)13/h4-5H,3H2,1-2H3,(H2,11,12,13,15). The molecule has 0 aliphatic heterocycles. The molecule has 0 atom stereocenters. The highest BCUT2D eigenvalue weighted by atomic mass is 16.5. The molecule has 0 spiro atoms. The molecule has 16 heavy (non-hydrogen) atoms. The number of aromatic nitrogens is 2. The van der Waals surface area contributed by atoms with Gasteiger partial charge in [-0.25, -0.2) is 9.59 Å². The van der Waals surface area contributed by atoms with Crippen molar-refractivity contribution in [1.29, 1.82) is 0 Å². The van der Waals surface area contributed by atoms with E-state index in [1.807, 2.05) is 0 Å². The summed E-state index contributed by atoms with van der Waals surface area (Å²) in [6.07, 6.45) is 2.59. The van der Waals surface area contributed by atoms with Crippen molar-refractivity contribution >= 4 is 12.0 Å². The predicted molar refractivity (Wildman–Crippen MR) is 58.0 cm³/mol. The summed E-state index contributed by atoms with van der Waals surface area (Å²) in [4.78, 5) is 37.6. The van der Waals surface area contributed by atoms with Gasteiger partial charge in [0.25, 0.3) is 5.56 Å². The molecule has 1 aromatic rings. The number of hydrogen-bond acceptors (Lipinski definition) is 4. The number of hydrogen-bond donors (Lipinski definition) is 2. The molecule has 2 N–H and O–H groups in total. The molecule has 0 saturated heterocycles. The van der Waals surface area contributed by atoms with E-state index in [-0.39, 0.29) is 12.2 Å². The Labute approximate surface area is 91.0 Å². The zero-order chi connectivity index (χ0) is 12.1. The summed E-state index contributed by atoms with van der Waals surface area (Å²) in [6, 6.07) is 0. The maximum atomic E-state index is 11.3. The van der Waals surface area contributed by atoms with Gasteiger partial charge in [-0.3, -0.25) is 9.78 Å². The molecule has 0 amide bonds. The van der Waals surface area contributed by atoms with Crippen LogP contribution in [0.5, 0.6) is 0 Å². The lowest BCUT2D eigenvalue weighted by Gasteiger charge is -2.00. The van der Waals surface area contributed by atoms with E-state index >= 15 is 0 Å². The van der Waals surface area contributed by atoms with E-state index in [1.165, 1.54) is 19.2 Å². The molecule has 0 aliphatic carbocycles. The lowest BCUT2D eigenvalue weighted by Crippen LogP contribution is -2.23. The lowest BCUT2D eigenvalue weighted by atomic mass is 10.2. The fourth-order valence-electron chi connectivity index (χ4n) is 1.06. The number of rotatable bonds is 3. The Morgan fingerprint density at radius 2 is 2.19 bits per heavy atom. The highest BCUT2D eigenvalue weighted by molar-refractivity contribution is 5.92. The Kier molecular flexibility index (Phi) is 3.82. The third-order valence-corrected chi connectivity index (χ3v) is 1.82. The lowest BCUT2D eigenvalue weighted by molar-refractivity contribution is -0.138. The fraction of sp³-hybridized carbons (Fsp3) is 0.300. The number of esters is 1. The van der Waals surface area contributed by atoms with E-state index in [4.69, 9.17) is 4.74 Å². The second-order valence-electron chi connectivity index (χ2n) is 3.08. The van der Waals surface area contributed by atoms with Gasteiger partial charge in [-0.05, 0) is 19.9 Å². The van der Waals surface area contributed by atoms with E-state index in [0.717, 1.165) is 0 Å². The van der Waals surface area contributed by atoms with Gasteiger partial charge in [-0.15, -0.1) is 0 Å². The minimum Gasteiger partial charge on any atom is -0.463 e. The topological polar surface area (TPSA) is 92.0 Å². The highest BCUT2D eigenvalue weighted by Gasteiger charge is 2.05. The molecule has 0 radical (unpaired) electrons. The largest absolute Gasteiger partial charge is 0.463 e. The number of aromatic amines is 2. The normalized spacial score (nSPS) is 11.2. The zero-order valence-corrected chi connectivity index (χ0v) is 8.99. The molecule has 1 rings (SSSR count). The zero-order valence-electron chi connectivity index (χ0n) is 8.99. The van der Waals surface area contributed by atoms with Gasteiger partial charge in [0.15, 0.2) is 0 Å². The van der Waals surface area contributed by atoms with Crippen LogP contribution < -0.4 is 11.2 Å². The van der Waals surface area contributed by atoms with Crippen LogP contribution >= 0.6 is 0 Å². The monoisotopic (exact) mass is 224 g/mol. The maximum Gasteiger partial charge on any atom is 0.333 e. The first-order valence-corrected chi connectivity index (χ1v) is 4.72. The van der Waals surface area contributed by atoms with Crippen LogP contribution in [0.4, 0.5) is 0 Å². The smallest absolute Gasteiger partial charge is 0.333 e. The molecule has 0 aromatic carbocycles. The molecule has 1 aromatic heterocycles. The van der Waals surface area contributed by atoms with Gasteiger partial charge >= 0.3 is 11.7 Å². The third-order valence-electron chi connectivity index (χ3n) is 1.82. The number of carbonyl (C=O) groups excluding carboxylic acids is 1. The SMILES string of the molecule is CCOC(=O)C(C)=Cc1c[nH]c(=O)[nH]c1=O. The second-order valence-corrected chi connectivity index (χ2v) is 3.08. The van der Waals surface area contributed by atoms with Crippen molar-refractivity contribution in [2.24, 2.45) is 0 Å². The summed E-state index contributed by atoms with van der Waals surface area (Å²) in [5.74, 6) is -0.492. The summed E-state index contributed by atoms with van der Waals surface area (Å²) in [7, 11) is 0. The van der Waals surface area contributed by atoms with Crippen LogP contribution in [0.15, 0.2) is 21.4 Å². The van der Waals surface area contributed by atoms with Crippen LogP contribution in [0.1, 0.15) is 19.4 Å². The summed E-state index contributed by atoms with van der Waals surface area (Å²) in [5, 5.41) is 0. The third kappa shape index (κ3) is 2.94. The van der Waals surface area contributed by atoms with Crippen molar-refractivity contribution in [1.82, 2.24) is 9.97 Å². The number of carbonyl (C=O) groups is 1. The van der Waals surface area contributed by atoms with Gasteiger partial charge in [-0.1, -0.05) is 0 Å². The average molecular weight is 224 g/mol. The Morgan fingerprint density at radius 1 is 1.50 bits per heavy atom. The first kappa shape index (κ1) is 12.0. The molecule has 86 valence electrons. The van der Waals surface area contributed by atoms with Crippen molar-refractivity contribution in [2.45, 2.75) is 13.8 Å². The van der Waals surface area contributed by atoms with E-state index in [2.05, 4.69) is 9.97 Å². The number of nitrogens with one attached hydrogen (secondary N) is 2. The maximum absolute atomic E-state index is 11.3. The van der Waals surface area contributed by atoms with Gasteiger partial charge in [0.1, 0.15) is 0 Å². The Morgan fingerprint density at radius 3 is 2.75 bits per heavy atom. The summed E-state index contributed by atoms with van der Waals surface area (Å²) in [6.45, 7) is 3.49. The molecule has 0 fully saturated rings. The van der Waals surface area contributed by atoms with Crippen LogP contribution in [0.25, 0.3) is 6.08 Å². The molecular formula is C10H12N2O4. The van der Waals surface area contributed by atoms with E-state index in [9.17, 15) is 14.4 Å². The second kappa shape index (κ2) is 5.11. The van der Waals surface area contributed by atoms with Crippen LogP contribution in [0, 0.1) is 0 Å². The summed E-state index contributed by atoms with van der Waals surface area (Å²) in [5.41, 5.74) is -0.645. The first-order chi connectivity index (χ1) is 7.54. The molecule has 0 aliphatic rings. The van der Waals surface area contributed by atoms with Gasteiger partial charge in [0.05, 0.1) is 12.2 Å². The van der Waals surface area contributed by atoms with Crippen molar-refractivity contribution < 1.29 is 9.53 Å². The molecule has 0 saturated carbocycles. The van der Waals surface area contributed by atoms with Crippen molar-refractivity contribution in [3.63, 3.8) is 0 Å². The molecule has 1 heterocycles. The number of ether oxygens (including phenoxy) is 1. The van der Waals surface area contributed by atoms with Crippen molar-refractivity contribution in [2.75, 3.05) is 6.61 Å². The quantitative estimate of drug-likeness (QED) is 0.559. The van der Waals surface area contributed by atoms with Crippen LogP contribution in [0.3, 0.4) is 0 Å². The molecule has 0 unspecified atom stereocenters. The van der Waals surface area contributed by atoms with Crippen molar-refractivity contribution in [3.8, 4) is 0 Å². The van der Waals surface area contributed by atoms with Gasteiger partial charge < -0.3 is 9.72 Å².